The molecule has 0 amide bonds. The Morgan fingerprint density at radius 2 is 2.22 bits per heavy atom. The molecule has 0 aliphatic rings. The molecule has 0 atom stereocenters. The van der Waals surface area contributed by atoms with Crippen molar-refractivity contribution >= 4 is 17.3 Å². The van der Waals surface area contributed by atoms with E-state index in [0.29, 0.717) is 18.2 Å². The lowest BCUT2D eigenvalue weighted by molar-refractivity contribution is -0.384. The van der Waals surface area contributed by atoms with Crippen LogP contribution in [0.4, 0.5) is 17.3 Å². The highest BCUT2D eigenvalue weighted by molar-refractivity contribution is 5.54. The molecule has 0 fully saturated rings. The van der Waals surface area contributed by atoms with Gasteiger partial charge in [0.05, 0.1) is 29.9 Å². The molecule has 18 heavy (non-hydrogen) atoms. The van der Waals surface area contributed by atoms with Crippen LogP contribution in [0.3, 0.4) is 0 Å². The molecule has 0 saturated heterocycles. The Hall–Kier alpha value is -2.57. The predicted octanol–water partition coefficient (Wildman–Crippen LogP) is 2.24. The average Bonchev–Trinajstić information content (AvgIpc) is 2.89. The second kappa shape index (κ2) is 5.17. The van der Waals surface area contributed by atoms with Gasteiger partial charge in [0.15, 0.2) is 0 Å². The number of nitro groups is 1. The highest BCUT2D eigenvalue weighted by Gasteiger charge is 2.10. The summed E-state index contributed by atoms with van der Waals surface area (Å²) >= 11 is 0. The van der Waals surface area contributed by atoms with Crippen molar-refractivity contribution < 1.29 is 9.34 Å². The number of furan rings is 1. The van der Waals surface area contributed by atoms with Crippen molar-refractivity contribution in [3.63, 3.8) is 0 Å². The van der Waals surface area contributed by atoms with E-state index in [9.17, 15) is 10.1 Å². The average molecular weight is 248 g/mol. The number of rotatable bonds is 5. The number of nitrogens with zero attached hydrogens (tertiary/aromatic N) is 2. The first-order valence-electron chi connectivity index (χ1n) is 5.29. The topological polar surface area (TPSA) is 93.2 Å². The van der Waals surface area contributed by atoms with Crippen LogP contribution in [-0.4, -0.2) is 17.0 Å². The maximum absolute atomic E-state index is 10.8. The van der Waals surface area contributed by atoms with Gasteiger partial charge in [-0.3, -0.25) is 10.1 Å². The second-order valence-corrected chi connectivity index (χ2v) is 3.54. The molecule has 0 spiro atoms. The minimum Gasteiger partial charge on any atom is -0.467 e. The minimum atomic E-state index is -0.458. The van der Waals surface area contributed by atoms with Crippen LogP contribution in [0.25, 0.3) is 0 Å². The van der Waals surface area contributed by atoms with Gasteiger partial charge in [0.1, 0.15) is 17.4 Å². The van der Waals surface area contributed by atoms with Gasteiger partial charge in [0, 0.05) is 7.05 Å². The molecule has 0 bridgehead atoms. The number of hydrogen-bond acceptors (Lipinski definition) is 6. The third kappa shape index (κ3) is 2.76. The summed E-state index contributed by atoms with van der Waals surface area (Å²) in [5.74, 6) is 1.59. The third-order valence-corrected chi connectivity index (χ3v) is 2.30. The van der Waals surface area contributed by atoms with Gasteiger partial charge < -0.3 is 15.1 Å². The smallest absolute Gasteiger partial charge is 0.276 e. The first-order chi connectivity index (χ1) is 8.69. The van der Waals surface area contributed by atoms with Crippen LogP contribution in [0.15, 0.2) is 34.9 Å². The lowest BCUT2D eigenvalue weighted by Crippen LogP contribution is -2.03. The monoisotopic (exact) mass is 248 g/mol. The summed E-state index contributed by atoms with van der Waals surface area (Å²) in [6.45, 7) is 0.421. The maximum Gasteiger partial charge on any atom is 0.276 e. The van der Waals surface area contributed by atoms with E-state index in [1.54, 1.807) is 19.4 Å². The molecular formula is C11H12N4O3. The summed E-state index contributed by atoms with van der Waals surface area (Å²) in [5.41, 5.74) is -0.0173. The quantitative estimate of drug-likeness (QED) is 0.622. The Morgan fingerprint density at radius 3 is 2.83 bits per heavy atom. The Kier molecular flexibility index (Phi) is 3.42. The Balaban J connectivity index is 2.16. The summed E-state index contributed by atoms with van der Waals surface area (Å²) < 4.78 is 5.15. The van der Waals surface area contributed by atoms with Crippen molar-refractivity contribution in [2.24, 2.45) is 0 Å². The number of hydrogen-bond donors (Lipinski definition) is 2. The van der Waals surface area contributed by atoms with Crippen LogP contribution in [-0.2, 0) is 6.54 Å². The summed E-state index contributed by atoms with van der Waals surface area (Å²) in [6, 6.07) is 6.34. The van der Waals surface area contributed by atoms with Crippen molar-refractivity contribution in [3.8, 4) is 0 Å². The molecule has 2 aromatic heterocycles. The van der Waals surface area contributed by atoms with E-state index in [0.717, 1.165) is 5.76 Å². The van der Waals surface area contributed by atoms with Crippen LogP contribution in [0.2, 0.25) is 0 Å². The number of anilines is 2. The van der Waals surface area contributed by atoms with Crippen molar-refractivity contribution in [2.45, 2.75) is 6.54 Å². The highest BCUT2D eigenvalue weighted by Crippen LogP contribution is 2.20. The summed E-state index contributed by atoms with van der Waals surface area (Å²) in [5, 5.41) is 16.5. The molecule has 0 unspecified atom stereocenters. The fourth-order valence-electron chi connectivity index (χ4n) is 1.43. The number of pyridine rings is 1. The molecule has 2 aromatic rings. The maximum atomic E-state index is 10.8. The van der Waals surface area contributed by atoms with Gasteiger partial charge in [-0.2, -0.15) is 0 Å². The van der Waals surface area contributed by atoms with Crippen molar-refractivity contribution in [2.75, 3.05) is 17.7 Å². The molecular weight excluding hydrogens is 236 g/mol. The molecule has 0 aliphatic heterocycles. The molecule has 94 valence electrons. The van der Waals surface area contributed by atoms with E-state index in [1.807, 2.05) is 6.07 Å². The van der Waals surface area contributed by atoms with Crippen LogP contribution in [0.1, 0.15) is 5.76 Å². The molecule has 2 heterocycles. The van der Waals surface area contributed by atoms with Crippen LogP contribution < -0.4 is 10.6 Å². The van der Waals surface area contributed by atoms with Crippen LogP contribution in [0, 0.1) is 10.1 Å². The van der Waals surface area contributed by atoms with Gasteiger partial charge in [0.25, 0.3) is 5.69 Å². The van der Waals surface area contributed by atoms with Gasteiger partial charge in [-0.15, -0.1) is 0 Å². The Bertz CT molecular complexity index is 539. The normalized spacial score (nSPS) is 10.1. The highest BCUT2D eigenvalue weighted by atomic mass is 16.6. The van der Waals surface area contributed by atoms with E-state index >= 15 is 0 Å². The molecule has 2 rings (SSSR count). The van der Waals surface area contributed by atoms with Gasteiger partial charge in [-0.1, -0.05) is 0 Å². The number of aromatic nitrogens is 1. The Morgan fingerprint density at radius 1 is 1.44 bits per heavy atom. The molecule has 0 radical (unpaired) electrons. The molecule has 7 heteroatoms. The zero-order chi connectivity index (χ0) is 13.0. The van der Waals surface area contributed by atoms with E-state index < -0.39 is 4.92 Å². The number of nitrogens with one attached hydrogen (secondary N) is 2. The van der Waals surface area contributed by atoms with Gasteiger partial charge in [-0.25, -0.2) is 4.98 Å². The fourth-order valence-corrected chi connectivity index (χ4v) is 1.43. The fraction of sp³-hybridized carbons (Fsp3) is 0.182. The Labute approximate surface area is 103 Å². The molecule has 0 aliphatic carbocycles. The molecule has 2 N–H and O–H groups in total. The predicted molar refractivity (Wildman–Crippen MR) is 66.5 cm³/mol. The van der Waals surface area contributed by atoms with Crippen molar-refractivity contribution in [1.29, 1.82) is 0 Å². The molecule has 0 saturated carbocycles. The summed E-state index contributed by atoms with van der Waals surface area (Å²) in [4.78, 5) is 14.5. The summed E-state index contributed by atoms with van der Waals surface area (Å²) in [7, 11) is 1.66. The molecule has 7 nitrogen and oxygen atoms in total. The molecule has 0 aromatic carbocycles. The lowest BCUT2D eigenvalue weighted by atomic mass is 10.3. The zero-order valence-electron chi connectivity index (χ0n) is 9.71. The van der Waals surface area contributed by atoms with E-state index in [-0.39, 0.29) is 5.69 Å². The van der Waals surface area contributed by atoms with Crippen molar-refractivity contribution in [3.05, 3.63) is 46.4 Å². The van der Waals surface area contributed by atoms with E-state index in [2.05, 4.69) is 15.6 Å². The zero-order valence-corrected chi connectivity index (χ0v) is 9.71. The minimum absolute atomic E-state index is 0.0173. The first kappa shape index (κ1) is 11.9. The van der Waals surface area contributed by atoms with Crippen LogP contribution in [0.5, 0.6) is 0 Å². The second-order valence-electron chi connectivity index (χ2n) is 3.54. The van der Waals surface area contributed by atoms with E-state index in [4.69, 9.17) is 4.42 Å². The van der Waals surface area contributed by atoms with E-state index in [1.165, 1.54) is 12.1 Å². The van der Waals surface area contributed by atoms with Gasteiger partial charge in [0.2, 0.25) is 0 Å². The van der Waals surface area contributed by atoms with Gasteiger partial charge >= 0.3 is 0 Å². The summed E-state index contributed by atoms with van der Waals surface area (Å²) in [6.07, 6.45) is 1.57. The largest absolute Gasteiger partial charge is 0.467 e. The van der Waals surface area contributed by atoms with Crippen LogP contribution >= 0.6 is 0 Å². The first-order valence-corrected chi connectivity index (χ1v) is 5.29. The lowest BCUT2D eigenvalue weighted by Gasteiger charge is -2.06. The van der Waals surface area contributed by atoms with Gasteiger partial charge in [-0.05, 0) is 12.1 Å². The van der Waals surface area contributed by atoms with Crippen molar-refractivity contribution in [1.82, 2.24) is 4.98 Å². The standard InChI is InChI=1S/C11H12N4O3/c1-12-10-5-8(15(16)17)6-11(14-10)13-7-9-3-2-4-18-9/h2-6H,7H2,1H3,(H2,12,13,14). The SMILES string of the molecule is CNc1cc([N+](=O)[O-])cc(NCc2ccco2)n1. The third-order valence-electron chi connectivity index (χ3n) is 2.30.